The van der Waals surface area contributed by atoms with Gasteiger partial charge in [0.25, 0.3) is 5.56 Å². The molecule has 1 aromatic heterocycles. The molecule has 0 spiro atoms. The first-order chi connectivity index (χ1) is 8.31. The molecule has 0 fully saturated rings. The minimum Gasteiger partial charge on any atom is -0.395 e. The molecule has 3 rings (SSSR count). The van der Waals surface area contributed by atoms with Crippen LogP contribution in [-0.4, -0.2) is 29.4 Å². The van der Waals surface area contributed by atoms with E-state index in [0.717, 1.165) is 23.1 Å². The van der Waals surface area contributed by atoms with Gasteiger partial charge in [-0.1, -0.05) is 18.2 Å². The van der Waals surface area contributed by atoms with Crippen LogP contribution >= 0.6 is 0 Å². The monoisotopic (exact) mass is 230 g/mol. The zero-order valence-electron chi connectivity index (χ0n) is 9.47. The average molecular weight is 230 g/mol. The molecule has 2 aromatic rings. The molecule has 0 amide bonds. The van der Waals surface area contributed by atoms with Crippen LogP contribution in [0.3, 0.4) is 0 Å². The Labute approximate surface area is 98.7 Å². The zero-order chi connectivity index (χ0) is 11.8. The minimum absolute atomic E-state index is 0.0681. The first kappa shape index (κ1) is 10.4. The van der Waals surface area contributed by atoms with Crippen LogP contribution in [0, 0.1) is 0 Å². The van der Waals surface area contributed by atoms with Crippen molar-refractivity contribution in [1.29, 1.82) is 0 Å². The Morgan fingerprint density at radius 2 is 2.06 bits per heavy atom. The number of benzene rings is 1. The van der Waals surface area contributed by atoms with Crippen molar-refractivity contribution < 1.29 is 5.11 Å². The molecule has 0 bridgehead atoms. The highest BCUT2D eigenvalue weighted by Gasteiger charge is 2.20. The number of anilines is 1. The molecule has 1 aromatic carbocycles. The number of hydrogen-bond acceptors (Lipinski definition) is 3. The average Bonchev–Trinajstić information content (AvgIpc) is 2.74. The van der Waals surface area contributed by atoms with E-state index in [1.807, 2.05) is 35.2 Å². The minimum atomic E-state index is 0.0681. The molecule has 17 heavy (non-hydrogen) atoms. The lowest BCUT2D eigenvalue weighted by Gasteiger charge is -2.17. The SMILES string of the molecule is O=c1c2ccccc2cc2n1CCN2CCO. The summed E-state index contributed by atoms with van der Waals surface area (Å²) in [6.45, 7) is 2.20. The fraction of sp³-hybridized carbons (Fsp3) is 0.308. The van der Waals surface area contributed by atoms with E-state index in [9.17, 15) is 4.79 Å². The maximum absolute atomic E-state index is 12.2. The second-order valence-electron chi connectivity index (χ2n) is 4.26. The van der Waals surface area contributed by atoms with Crippen LogP contribution in [0.5, 0.6) is 0 Å². The van der Waals surface area contributed by atoms with E-state index >= 15 is 0 Å². The smallest absolute Gasteiger partial charge is 0.260 e. The van der Waals surface area contributed by atoms with Crippen LogP contribution in [0.2, 0.25) is 0 Å². The molecule has 1 aliphatic heterocycles. The van der Waals surface area contributed by atoms with Crippen LogP contribution < -0.4 is 10.5 Å². The fourth-order valence-electron chi connectivity index (χ4n) is 2.44. The number of hydrogen-bond donors (Lipinski definition) is 1. The molecular formula is C13H14N2O2. The standard InChI is InChI=1S/C13H14N2O2/c16-8-7-14-5-6-15-12(14)9-10-3-1-2-4-11(10)13(15)17/h1-4,9,16H,5-8H2. The van der Waals surface area contributed by atoms with Crippen molar-refractivity contribution in [3.8, 4) is 0 Å². The quantitative estimate of drug-likeness (QED) is 0.830. The van der Waals surface area contributed by atoms with Crippen molar-refractivity contribution in [2.24, 2.45) is 0 Å². The highest BCUT2D eigenvalue weighted by molar-refractivity contribution is 5.84. The Balaban J connectivity index is 2.24. The number of nitrogens with zero attached hydrogens (tertiary/aromatic N) is 2. The summed E-state index contributed by atoms with van der Waals surface area (Å²) in [6, 6.07) is 9.66. The molecular weight excluding hydrogens is 216 g/mol. The predicted molar refractivity (Wildman–Crippen MR) is 67.5 cm³/mol. The fourth-order valence-corrected chi connectivity index (χ4v) is 2.44. The molecule has 4 nitrogen and oxygen atoms in total. The highest BCUT2D eigenvalue weighted by Crippen LogP contribution is 2.23. The number of aliphatic hydroxyl groups is 1. The highest BCUT2D eigenvalue weighted by atomic mass is 16.3. The number of aliphatic hydroxyl groups excluding tert-OH is 1. The van der Waals surface area contributed by atoms with Crippen molar-refractivity contribution in [3.63, 3.8) is 0 Å². The summed E-state index contributed by atoms with van der Waals surface area (Å²) in [5.41, 5.74) is 0.0681. The lowest BCUT2D eigenvalue weighted by molar-refractivity contribution is 0.303. The first-order valence-corrected chi connectivity index (χ1v) is 5.79. The molecule has 0 aliphatic carbocycles. The van der Waals surface area contributed by atoms with Gasteiger partial charge >= 0.3 is 0 Å². The molecule has 0 radical (unpaired) electrons. The largest absolute Gasteiger partial charge is 0.395 e. The summed E-state index contributed by atoms with van der Waals surface area (Å²) in [6.07, 6.45) is 0. The number of pyridine rings is 1. The lowest BCUT2D eigenvalue weighted by atomic mass is 10.1. The van der Waals surface area contributed by atoms with Gasteiger partial charge in [0, 0.05) is 25.0 Å². The molecule has 4 heteroatoms. The van der Waals surface area contributed by atoms with Gasteiger partial charge in [0.15, 0.2) is 0 Å². The maximum Gasteiger partial charge on any atom is 0.260 e. The normalized spacial score (nSPS) is 14.3. The van der Waals surface area contributed by atoms with Crippen molar-refractivity contribution in [1.82, 2.24) is 4.57 Å². The Hall–Kier alpha value is -1.81. The Morgan fingerprint density at radius 1 is 1.24 bits per heavy atom. The third-order valence-electron chi connectivity index (χ3n) is 3.28. The summed E-state index contributed by atoms with van der Waals surface area (Å²) >= 11 is 0. The van der Waals surface area contributed by atoms with Crippen molar-refractivity contribution >= 4 is 16.6 Å². The maximum atomic E-state index is 12.2. The molecule has 2 heterocycles. The third-order valence-corrected chi connectivity index (χ3v) is 3.28. The van der Waals surface area contributed by atoms with E-state index < -0.39 is 0 Å². The molecule has 1 aliphatic rings. The van der Waals surface area contributed by atoms with Gasteiger partial charge in [0.2, 0.25) is 0 Å². The number of fused-ring (bicyclic) bond motifs is 2. The molecule has 0 unspecified atom stereocenters. The number of β-amino-alcohol motifs (C(OH)–C–C–N with tert-alkyl or cyclic N) is 1. The lowest BCUT2D eigenvalue weighted by Crippen LogP contribution is -2.24. The zero-order valence-corrected chi connectivity index (χ0v) is 9.47. The third kappa shape index (κ3) is 1.52. The van der Waals surface area contributed by atoms with Crippen molar-refractivity contribution in [3.05, 3.63) is 40.7 Å². The van der Waals surface area contributed by atoms with E-state index in [0.29, 0.717) is 13.1 Å². The second-order valence-corrected chi connectivity index (χ2v) is 4.26. The molecule has 0 saturated carbocycles. The van der Waals surface area contributed by atoms with Crippen LogP contribution in [0.25, 0.3) is 10.8 Å². The number of aromatic nitrogens is 1. The second kappa shape index (κ2) is 3.89. The van der Waals surface area contributed by atoms with Gasteiger partial charge < -0.3 is 10.0 Å². The summed E-state index contributed by atoms with van der Waals surface area (Å²) in [5, 5.41) is 10.7. The molecule has 1 N–H and O–H groups in total. The summed E-state index contributed by atoms with van der Waals surface area (Å²) < 4.78 is 1.79. The Morgan fingerprint density at radius 3 is 2.88 bits per heavy atom. The Bertz CT molecular complexity index is 618. The van der Waals surface area contributed by atoms with Crippen LogP contribution in [0.4, 0.5) is 5.82 Å². The number of rotatable bonds is 2. The van der Waals surface area contributed by atoms with E-state index in [4.69, 9.17) is 5.11 Å². The van der Waals surface area contributed by atoms with E-state index in [1.54, 1.807) is 4.57 Å². The van der Waals surface area contributed by atoms with Gasteiger partial charge in [-0.3, -0.25) is 9.36 Å². The van der Waals surface area contributed by atoms with Gasteiger partial charge in [-0.2, -0.15) is 0 Å². The van der Waals surface area contributed by atoms with Gasteiger partial charge in [0.1, 0.15) is 5.82 Å². The Kier molecular flexibility index (Phi) is 2.37. The van der Waals surface area contributed by atoms with Gasteiger partial charge in [-0.05, 0) is 17.5 Å². The summed E-state index contributed by atoms with van der Waals surface area (Å²) in [4.78, 5) is 14.3. The van der Waals surface area contributed by atoms with Crippen LogP contribution in [-0.2, 0) is 6.54 Å². The predicted octanol–water partition coefficient (Wildman–Crippen LogP) is 0.814. The van der Waals surface area contributed by atoms with Crippen LogP contribution in [0.15, 0.2) is 35.1 Å². The molecule has 0 saturated heterocycles. The van der Waals surface area contributed by atoms with E-state index in [-0.39, 0.29) is 12.2 Å². The molecule has 88 valence electrons. The summed E-state index contributed by atoms with van der Waals surface area (Å²) in [5.74, 6) is 0.919. The van der Waals surface area contributed by atoms with Crippen LogP contribution in [0.1, 0.15) is 0 Å². The van der Waals surface area contributed by atoms with Crippen molar-refractivity contribution in [2.75, 3.05) is 24.6 Å². The first-order valence-electron chi connectivity index (χ1n) is 5.79. The van der Waals surface area contributed by atoms with Gasteiger partial charge in [-0.15, -0.1) is 0 Å². The topological polar surface area (TPSA) is 45.5 Å². The van der Waals surface area contributed by atoms with E-state index in [1.165, 1.54) is 0 Å². The summed E-state index contributed by atoms with van der Waals surface area (Å²) in [7, 11) is 0. The van der Waals surface area contributed by atoms with Gasteiger partial charge in [0.05, 0.1) is 6.61 Å². The van der Waals surface area contributed by atoms with E-state index in [2.05, 4.69) is 0 Å². The van der Waals surface area contributed by atoms with Crippen molar-refractivity contribution in [2.45, 2.75) is 6.54 Å². The van der Waals surface area contributed by atoms with Gasteiger partial charge in [-0.25, -0.2) is 0 Å². The molecule has 0 atom stereocenters.